The van der Waals surface area contributed by atoms with Crippen LogP contribution in [0.15, 0.2) is 24.4 Å². The molecule has 3 unspecified atom stereocenters. The molecule has 1 heterocycles. The van der Waals surface area contributed by atoms with Gasteiger partial charge in [0.25, 0.3) is 0 Å². The largest absolute Gasteiger partial charge is 0.335 e. The van der Waals surface area contributed by atoms with Crippen LogP contribution in [-0.2, 0) is 0 Å². The number of rotatable bonds is 2. The molecule has 5 nitrogen and oxygen atoms in total. The fourth-order valence-electron chi connectivity index (χ4n) is 3.24. The lowest BCUT2D eigenvalue weighted by molar-refractivity contribution is 0.247. The van der Waals surface area contributed by atoms with E-state index in [1.165, 1.54) is 12.8 Å². The van der Waals surface area contributed by atoms with Gasteiger partial charge in [0.05, 0.1) is 11.7 Å². The molecule has 1 aromatic heterocycles. The molecule has 0 bridgehead atoms. The number of anilines is 1. The second-order valence-corrected chi connectivity index (χ2v) is 5.61. The molecule has 0 radical (unpaired) electrons. The van der Waals surface area contributed by atoms with Gasteiger partial charge >= 0.3 is 6.03 Å². The number of carbonyl (C=O) groups is 1. The maximum Gasteiger partial charge on any atom is 0.319 e. The fourth-order valence-corrected chi connectivity index (χ4v) is 3.24. The van der Waals surface area contributed by atoms with Gasteiger partial charge in [0, 0.05) is 17.1 Å². The molecule has 3 N–H and O–H groups in total. The van der Waals surface area contributed by atoms with Crippen LogP contribution in [0.1, 0.15) is 19.3 Å². The van der Waals surface area contributed by atoms with E-state index in [0.717, 1.165) is 34.8 Å². The summed E-state index contributed by atoms with van der Waals surface area (Å²) in [5.41, 5.74) is 1.78. The topological polar surface area (TPSA) is 69.8 Å². The molecular weight excluding hydrogens is 240 g/mol. The Morgan fingerprint density at radius 1 is 1.37 bits per heavy atom. The summed E-state index contributed by atoms with van der Waals surface area (Å²) < 4.78 is 0. The van der Waals surface area contributed by atoms with Crippen molar-refractivity contribution in [2.24, 2.45) is 11.8 Å². The first-order valence-corrected chi connectivity index (χ1v) is 6.80. The van der Waals surface area contributed by atoms with E-state index >= 15 is 0 Å². The first kappa shape index (κ1) is 10.8. The zero-order valence-corrected chi connectivity index (χ0v) is 10.5. The number of nitrogens with zero attached hydrogens (tertiary/aromatic N) is 1. The minimum atomic E-state index is -0.0969. The van der Waals surface area contributed by atoms with E-state index in [9.17, 15) is 4.79 Å². The highest BCUT2D eigenvalue weighted by molar-refractivity contribution is 5.92. The van der Waals surface area contributed by atoms with E-state index in [1.54, 1.807) is 6.20 Å². The van der Waals surface area contributed by atoms with Crippen LogP contribution in [0.4, 0.5) is 10.5 Å². The number of hydrogen-bond donors (Lipinski definition) is 3. The van der Waals surface area contributed by atoms with E-state index < -0.39 is 0 Å². The average Bonchev–Trinajstić information content (AvgIpc) is 2.85. The lowest BCUT2D eigenvalue weighted by Crippen LogP contribution is -2.38. The number of aromatic amines is 1. The maximum atomic E-state index is 12.0. The molecular formula is C14H16N4O. The third-order valence-corrected chi connectivity index (χ3v) is 4.36. The Morgan fingerprint density at radius 2 is 2.32 bits per heavy atom. The zero-order valence-electron chi connectivity index (χ0n) is 10.5. The van der Waals surface area contributed by atoms with Crippen molar-refractivity contribution in [2.75, 3.05) is 5.32 Å². The molecule has 2 aliphatic rings. The number of benzene rings is 1. The van der Waals surface area contributed by atoms with E-state index in [2.05, 4.69) is 20.8 Å². The highest BCUT2D eigenvalue weighted by atomic mass is 16.2. The SMILES string of the molecule is O=C(Nc1ccc2[nH]ncc2c1)NC1CCC2CC21. The van der Waals surface area contributed by atoms with Crippen molar-refractivity contribution >= 4 is 22.6 Å². The lowest BCUT2D eigenvalue weighted by Gasteiger charge is -2.15. The molecule has 98 valence electrons. The van der Waals surface area contributed by atoms with Crippen LogP contribution in [0.2, 0.25) is 0 Å². The molecule has 2 aromatic rings. The standard InChI is InChI=1S/C14H16N4O/c19-14(17-13-3-1-8-6-11(8)13)16-10-2-4-12-9(5-10)7-15-18-12/h2,4-5,7-8,11,13H,1,3,6H2,(H,15,18)(H2,16,17,19). The summed E-state index contributed by atoms with van der Waals surface area (Å²) in [6, 6.07) is 6.01. The number of carbonyl (C=O) groups excluding carboxylic acids is 1. The van der Waals surface area contributed by atoms with E-state index in [4.69, 9.17) is 0 Å². The molecule has 19 heavy (non-hydrogen) atoms. The average molecular weight is 256 g/mol. The Bertz CT molecular complexity index is 635. The number of H-pyrrole nitrogens is 1. The number of fused-ring (bicyclic) bond motifs is 2. The minimum absolute atomic E-state index is 0.0969. The van der Waals surface area contributed by atoms with Crippen molar-refractivity contribution in [3.8, 4) is 0 Å². The highest BCUT2D eigenvalue weighted by Gasteiger charge is 2.48. The highest BCUT2D eigenvalue weighted by Crippen LogP contribution is 2.51. The van der Waals surface area contributed by atoms with Gasteiger partial charge in [-0.1, -0.05) is 0 Å². The van der Waals surface area contributed by atoms with Crippen LogP contribution < -0.4 is 10.6 Å². The Morgan fingerprint density at radius 3 is 3.11 bits per heavy atom. The second kappa shape index (κ2) is 3.98. The summed E-state index contributed by atoms with van der Waals surface area (Å²) in [6.07, 6.45) is 5.45. The smallest absolute Gasteiger partial charge is 0.319 e. The summed E-state index contributed by atoms with van der Waals surface area (Å²) in [7, 11) is 0. The molecule has 0 saturated heterocycles. The van der Waals surface area contributed by atoms with Gasteiger partial charge in [-0.3, -0.25) is 5.10 Å². The van der Waals surface area contributed by atoms with Crippen molar-refractivity contribution < 1.29 is 4.79 Å². The Hall–Kier alpha value is -2.04. The van der Waals surface area contributed by atoms with Crippen molar-refractivity contribution in [3.63, 3.8) is 0 Å². The third-order valence-electron chi connectivity index (χ3n) is 4.36. The maximum absolute atomic E-state index is 12.0. The molecule has 5 heteroatoms. The Kier molecular flexibility index (Phi) is 2.27. The number of aromatic nitrogens is 2. The van der Waals surface area contributed by atoms with Crippen molar-refractivity contribution in [1.82, 2.24) is 15.5 Å². The van der Waals surface area contributed by atoms with Gasteiger partial charge in [-0.25, -0.2) is 4.79 Å². The monoisotopic (exact) mass is 256 g/mol. The molecule has 4 rings (SSSR count). The second-order valence-electron chi connectivity index (χ2n) is 5.61. The molecule has 2 amide bonds. The summed E-state index contributed by atoms with van der Waals surface area (Å²) >= 11 is 0. The first-order valence-electron chi connectivity index (χ1n) is 6.80. The van der Waals surface area contributed by atoms with Gasteiger partial charge in [0.1, 0.15) is 0 Å². The predicted molar refractivity (Wildman–Crippen MR) is 72.9 cm³/mol. The van der Waals surface area contributed by atoms with Crippen molar-refractivity contribution in [2.45, 2.75) is 25.3 Å². The van der Waals surface area contributed by atoms with Crippen molar-refractivity contribution in [1.29, 1.82) is 0 Å². The molecule has 2 saturated carbocycles. The first-order chi connectivity index (χ1) is 9.29. The molecule has 2 fully saturated rings. The lowest BCUT2D eigenvalue weighted by atomic mass is 10.2. The minimum Gasteiger partial charge on any atom is -0.335 e. The normalized spacial score (nSPS) is 28.1. The number of nitrogens with one attached hydrogen (secondary N) is 3. The number of amides is 2. The van der Waals surface area contributed by atoms with E-state index in [0.29, 0.717) is 6.04 Å². The number of hydrogen-bond acceptors (Lipinski definition) is 2. The van der Waals surface area contributed by atoms with Crippen LogP contribution in [0.3, 0.4) is 0 Å². The molecule has 0 spiro atoms. The molecule has 3 atom stereocenters. The Labute approximate surface area is 110 Å². The van der Waals surface area contributed by atoms with Gasteiger partial charge in [-0.05, 0) is 49.3 Å². The molecule has 2 aliphatic carbocycles. The predicted octanol–water partition coefficient (Wildman–Crippen LogP) is 2.48. The van der Waals surface area contributed by atoms with Gasteiger partial charge in [0.2, 0.25) is 0 Å². The fraction of sp³-hybridized carbons (Fsp3) is 0.429. The van der Waals surface area contributed by atoms with Crippen LogP contribution in [0, 0.1) is 11.8 Å². The summed E-state index contributed by atoms with van der Waals surface area (Å²) in [4.78, 5) is 12.0. The van der Waals surface area contributed by atoms with E-state index in [1.807, 2.05) is 18.2 Å². The van der Waals surface area contributed by atoms with Gasteiger partial charge in [-0.2, -0.15) is 5.10 Å². The summed E-state index contributed by atoms with van der Waals surface area (Å²) in [6.45, 7) is 0. The van der Waals surface area contributed by atoms with Crippen molar-refractivity contribution in [3.05, 3.63) is 24.4 Å². The quantitative estimate of drug-likeness (QED) is 0.772. The van der Waals surface area contributed by atoms with Crippen LogP contribution in [0.25, 0.3) is 10.9 Å². The molecule has 1 aromatic carbocycles. The summed E-state index contributed by atoms with van der Waals surface area (Å²) in [5.74, 6) is 1.62. The van der Waals surface area contributed by atoms with Gasteiger partial charge < -0.3 is 10.6 Å². The van der Waals surface area contributed by atoms with E-state index in [-0.39, 0.29) is 6.03 Å². The van der Waals surface area contributed by atoms with Crippen LogP contribution >= 0.6 is 0 Å². The van der Waals surface area contributed by atoms with Gasteiger partial charge in [0.15, 0.2) is 0 Å². The van der Waals surface area contributed by atoms with Gasteiger partial charge in [-0.15, -0.1) is 0 Å². The van der Waals surface area contributed by atoms with Crippen LogP contribution in [-0.4, -0.2) is 22.3 Å². The summed E-state index contributed by atoms with van der Waals surface area (Å²) in [5, 5.41) is 13.8. The molecule has 0 aliphatic heterocycles. The van der Waals surface area contributed by atoms with Crippen LogP contribution in [0.5, 0.6) is 0 Å². The zero-order chi connectivity index (χ0) is 12.8. The Balaban J connectivity index is 1.43. The number of urea groups is 1. The third kappa shape index (κ3) is 1.95.